The van der Waals surface area contributed by atoms with Crippen molar-refractivity contribution in [1.82, 2.24) is 25.0 Å². The zero-order valence-corrected chi connectivity index (χ0v) is 22.9. The van der Waals surface area contributed by atoms with Crippen LogP contribution in [0.5, 0.6) is 0 Å². The molecule has 1 aromatic carbocycles. The van der Waals surface area contributed by atoms with Crippen LogP contribution in [0.3, 0.4) is 0 Å². The number of ketones is 1. The minimum absolute atomic E-state index is 0.0259. The van der Waals surface area contributed by atoms with Gasteiger partial charge in [0.1, 0.15) is 5.69 Å². The number of hydrogen-bond acceptors (Lipinski definition) is 8. The Balaban J connectivity index is 1.14. The fraction of sp³-hybridized carbons (Fsp3) is 0.429. The number of primary amides is 1. The number of anilines is 1. The number of carbonyl (C=O) groups is 3. The highest BCUT2D eigenvalue weighted by Crippen LogP contribution is 2.45. The summed E-state index contributed by atoms with van der Waals surface area (Å²) in [6.45, 7) is 6.34. The lowest BCUT2D eigenvalue weighted by atomic mass is 10.1. The highest BCUT2D eigenvalue weighted by molar-refractivity contribution is 7.17. The van der Waals surface area contributed by atoms with Gasteiger partial charge in [-0.05, 0) is 37.0 Å². The quantitative estimate of drug-likeness (QED) is 0.370. The molecule has 3 N–H and O–H groups in total. The third-order valence-electron chi connectivity index (χ3n) is 8.16. The first-order valence-corrected chi connectivity index (χ1v) is 14.6. The lowest BCUT2D eigenvalue weighted by molar-refractivity contribution is 0.0364. The van der Waals surface area contributed by atoms with E-state index in [1.165, 1.54) is 29.2 Å². The Bertz CT molecular complexity index is 1480. The summed E-state index contributed by atoms with van der Waals surface area (Å²) in [5.41, 5.74) is 8.85. The summed E-state index contributed by atoms with van der Waals surface area (Å²) in [7, 11) is 0. The van der Waals surface area contributed by atoms with Crippen molar-refractivity contribution in [2.75, 3.05) is 64.0 Å². The maximum atomic E-state index is 13.9. The van der Waals surface area contributed by atoms with E-state index in [-0.39, 0.29) is 11.7 Å². The molecule has 7 rings (SSSR count). The van der Waals surface area contributed by atoms with Crippen LogP contribution in [0.25, 0.3) is 21.8 Å². The molecule has 0 spiro atoms. The van der Waals surface area contributed by atoms with Crippen LogP contribution in [0.15, 0.2) is 30.3 Å². The van der Waals surface area contributed by atoms with Crippen LogP contribution >= 0.6 is 11.3 Å². The molecule has 0 atom stereocenters. The summed E-state index contributed by atoms with van der Waals surface area (Å²) in [5, 5.41) is 10.7. The van der Waals surface area contributed by atoms with Crippen molar-refractivity contribution in [3.63, 3.8) is 0 Å². The number of nitrogens with one attached hydrogen (secondary N) is 1. The average Bonchev–Trinajstić information content (AvgIpc) is 3.36. The van der Waals surface area contributed by atoms with Gasteiger partial charge < -0.3 is 15.4 Å². The topological polar surface area (TPSA) is 128 Å². The number of nitrogens with two attached hydrogens (primary N) is 1. The molecule has 3 amide bonds. The highest BCUT2D eigenvalue weighted by atomic mass is 32.1. The van der Waals surface area contributed by atoms with Crippen LogP contribution in [0.2, 0.25) is 0 Å². The standard InChI is InChI=1S/C28H31N7O4S/c29-28(38)35(34-12-14-39-15-13-34)19-3-1-2-18-22(19)26(36)23-24(18)30-31-25(23)20-6-7-21(40-20)27(37)33-10-8-32(9-11-33)16-17-4-5-17/h1-3,6-7,17H,4-5,8-16H2,(H2,29,38)(H,30,31). The Kier molecular flexibility index (Phi) is 6.42. The van der Waals surface area contributed by atoms with Crippen molar-refractivity contribution in [3.05, 3.63) is 46.3 Å². The SMILES string of the molecule is NC(=O)N(c1cccc2c1C(=O)c1c-2n[nH]c1-c1ccc(C(=O)N2CCN(CC3CC3)CC2)s1)N1CCOCC1. The summed E-state index contributed by atoms with van der Waals surface area (Å²) >= 11 is 1.36. The first kappa shape index (κ1) is 25.4. The molecule has 0 bridgehead atoms. The van der Waals surface area contributed by atoms with Gasteiger partial charge in [-0.25, -0.2) is 14.8 Å². The van der Waals surface area contributed by atoms with Gasteiger partial charge in [0.2, 0.25) is 0 Å². The van der Waals surface area contributed by atoms with Crippen LogP contribution < -0.4 is 10.7 Å². The lowest BCUT2D eigenvalue weighted by Gasteiger charge is -2.36. The average molecular weight is 562 g/mol. The Hall–Kier alpha value is -3.58. The molecule has 2 aromatic heterocycles. The number of fused-ring (bicyclic) bond motifs is 3. The van der Waals surface area contributed by atoms with Gasteiger partial charge in [0, 0.05) is 51.4 Å². The second-order valence-corrected chi connectivity index (χ2v) is 11.9. The Morgan fingerprint density at radius 1 is 1.05 bits per heavy atom. The number of rotatable bonds is 6. The van der Waals surface area contributed by atoms with Gasteiger partial charge in [-0.2, -0.15) is 5.10 Å². The number of hydrazine groups is 1. The second-order valence-electron chi connectivity index (χ2n) is 10.8. The summed E-state index contributed by atoms with van der Waals surface area (Å²) < 4.78 is 5.43. The van der Waals surface area contributed by atoms with Gasteiger partial charge >= 0.3 is 6.03 Å². The van der Waals surface area contributed by atoms with E-state index in [1.807, 2.05) is 23.1 Å². The van der Waals surface area contributed by atoms with Crippen molar-refractivity contribution in [3.8, 4) is 21.8 Å². The number of hydrogen-bond donors (Lipinski definition) is 2. The summed E-state index contributed by atoms with van der Waals surface area (Å²) in [6, 6.07) is 8.40. The number of nitrogens with zero attached hydrogens (tertiary/aromatic N) is 5. The van der Waals surface area contributed by atoms with Crippen LogP contribution in [0.1, 0.15) is 38.4 Å². The number of H-pyrrole nitrogens is 1. The van der Waals surface area contributed by atoms with E-state index in [4.69, 9.17) is 10.5 Å². The molecule has 208 valence electrons. The van der Waals surface area contributed by atoms with Crippen LogP contribution in [-0.2, 0) is 4.74 Å². The van der Waals surface area contributed by atoms with Gasteiger partial charge in [-0.3, -0.25) is 19.6 Å². The molecule has 3 fully saturated rings. The van der Waals surface area contributed by atoms with Crippen LogP contribution in [-0.4, -0.2) is 102 Å². The zero-order valence-electron chi connectivity index (χ0n) is 22.1. The molecular formula is C28H31N7O4S. The zero-order chi connectivity index (χ0) is 27.4. The number of benzene rings is 1. The van der Waals surface area contributed by atoms with Crippen molar-refractivity contribution >= 4 is 34.7 Å². The first-order valence-electron chi connectivity index (χ1n) is 13.8. The Labute approximate surface area is 235 Å². The van der Waals surface area contributed by atoms with E-state index >= 15 is 0 Å². The second kappa shape index (κ2) is 10.1. The maximum absolute atomic E-state index is 13.9. The third kappa shape index (κ3) is 4.40. The molecule has 0 unspecified atom stereocenters. The number of aromatic amines is 1. The summed E-state index contributed by atoms with van der Waals surface area (Å²) in [4.78, 5) is 45.6. The molecule has 2 aliphatic carbocycles. The van der Waals surface area contributed by atoms with Crippen LogP contribution in [0, 0.1) is 5.92 Å². The minimum Gasteiger partial charge on any atom is -0.379 e. The predicted octanol–water partition coefficient (Wildman–Crippen LogP) is 2.65. The van der Waals surface area contributed by atoms with E-state index in [2.05, 4.69) is 15.1 Å². The smallest absolute Gasteiger partial charge is 0.334 e. The molecule has 0 radical (unpaired) electrons. The molecule has 4 aliphatic rings. The molecule has 1 saturated carbocycles. The number of aromatic nitrogens is 2. The minimum atomic E-state index is -0.663. The molecule has 12 heteroatoms. The summed E-state index contributed by atoms with van der Waals surface area (Å²) in [6.07, 6.45) is 2.67. The van der Waals surface area contributed by atoms with Crippen molar-refractivity contribution in [2.45, 2.75) is 12.8 Å². The van der Waals surface area contributed by atoms with Crippen molar-refractivity contribution in [2.24, 2.45) is 11.7 Å². The van der Waals surface area contributed by atoms with Gasteiger partial charge in [0.15, 0.2) is 5.78 Å². The van der Waals surface area contributed by atoms with Crippen molar-refractivity contribution in [1.29, 1.82) is 0 Å². The number of piperazine rings is 1. The highest BCUT2D eigenvalue weighted by Gasteiger charge is 2.38. The van der Waals surface area contributed by atoms with E-state index in [1.54, 1.807) is 17.1 Å². The van der Waals surface area contributed by atoms with E-state index in [0.717, 1.165) is 43.5 Å². The van der Waals surface area contributed by atoms with Crippen LogP contribution in [0.4, 0.5) is 10.5 Å². The van der Waals surface area contributed by atoms with E-state index in [9.17, 15) is 14.4 Å². The Morgan fingerprint density at radius 2 is 1.82 bits per heavy atom. The number of urea groups is 1. The fourth-order valence-corrected chi connectivity index (χ4v) is 6.90. The molecule has 2 aliphatic heterocycles. The van der Waals surface area contributed by atoms with E-state index in [0.29, 0.717) is 64.9 Å². The van der Waals surface area contributed by atoms with Gasteiger partial charge in [0.25, 0.3) is 5.91 Å². The molecule has 40 heavy (non-hydrogen) atoms. The number of thiophene rings is 1. The number of amides is 3. The van der Waals surface area contributed by atoms with Gasteiger partial charge in [0.05, 0.1) is 45.5 Å². The molecule has 11 nitrogen and oxygen atoms in total. The largest absolute Gasteiger partial charge is 0.379 e. The monoisotopic (exact) mass is 561 g/mol. The molecule has 3 aromatic rings. The normalized spacial score (nSPS) is 19.5. The van der Waals surface area contributed by atoms with Gasteiger partial charge in [-0.15, -0.1) is 11.3 Å². The fourth-order valence-electron chi connectivity index (χ4n) is 5.92. The summed E-state index contributed by atoms with van der Waals surface area (Å²) in [5.74, 6) is 0.649. The number of carbonyl (C=O) groups excluding carboxylic acids is 3. The predicted molar refractivity (Wildman–Crippen MR) is 150 cm³/mol. The van der Waals surface area contributed by atoms with E-state index < -0.39 is 6.03 Å². The lowest BCUT2D eigenvalue weighted by Crippen LogP contribution is -2.54. The number of ether oxygens (including phenoxy) is 1. The molecule has 2 saturated heterocycles. The number of morpholine rings is 1. The van der Waals surface area contributed by atoms with Crippen molar-refractivity contribution < 1.29 is 19.1 Å². The third-order valence-corrected chi connectivity index (χ3v) is 9.25. The van der Waals surface area contributed by atoms with Gasteiger partial charge in [-0.1, -0.05) is 12.1 Å². The maximum Gasteiger partial charge on any atom is 0.334 e. The molecule has 4 heterocycles. The Morgan fingerprint density at radius 3 is 2.55 bits per heavy atom. The molecular weight excluding hydrogens is 530 g/mol. The first-order chi connectivity index (χ1) is 19.5.